The van der Waals surface area contributed by atoms with Crippen LogP contribution in [0, 0.1) is 37.5 Å². The third-order valence-electron chi connectivity index (χ3n) is 6.49. The highest BCUT2D eigenvalue weighted by Crippen LogP contribution is 2.36. The van der Waals surface area contributed by atoms with Gasteiger partial charge in [0.25, 0.3) is 5.70 Å². The zero-order chi connectivity index (χ0) is 26.9. The van der Waals surface area contributed by atoms with Crippen LogP contribution in [0.4, 0.5) is 8.63 Å². The maximum atomic E-state index is 14.9. The average Bonchev–Trinajstić information content (AvgIpc) is 3.36. The van der Waals surface area contributed by atoms with Gasteiger partial charge in [-0.2, -0.15) is 0 Å². The largest absolute Gasteiger partial charge is 0.726 e. The second-order valence-corrected chi connectivity index (χ2v) is 9.13. The van der Waals surface area contributed by atoms with E-state index in [1.807, 2.05) is 88.4 Å². The molecular weight excluding hydrogens is 481 g/mol. The molecular formula is C31H25BF2N2O2. The summed E-state index contributed by atoms with van der Waals surface area (Å²) in [6.07, 6.45) is 1.47. The van der Waals surface area contributed by atoms with Gasteiger partial charge in [0, 0.05) is 35.4 Å². The van der Waals surface area contributed by atoms with Gasteiger partial charge in [-0.3, -0.25) is 0 Å². The Labute approximate surface area is 220 Å². The molecule has 0 atom stereocenters. The zero-order valence-electron chi connectivity index (χ0n) is 21.5. The van der Waals surface area contributed by atoms with Crippen LogP contribution < -0.4 is 4.99 Å². The van der Waals surface area contributed by atoms with Crippen LogP contribution in [0.25, 0.3) is 5.76 Å². The molecule has 2 N–H and O–H groups in total. The predicted octanol–water partition coefficient (Wildman–Crippen LogP) is 4.93. The van der Waals surface area contributed by atoms with Gasteiger partial charge in [0.05, 0.1) is 11.3 Å². The van der Waals surface area contributed by atoms with Crippen molar-refractivity contribution in [1.29, 1.82) is 0 Å². The summed E-state index contributed by atoms with van der Waals surface area (Å²) in [7, 11) is -4.64. The predicted molar refractivity (Wildman–Crippen MR) is 145 cm³/mol. The van der Waals surface area contributed by atoms with Gasteiger partial charge in [-0.1, -0.05) is 60.1 Å². The Kier molecular flexibility index (Phi) is 6.53. The van der Waals surface area contributed by atoms with Gasteiger partial charge in [0.1, 0.15) is 11.3 Å². The summed E-state index contributed by atoms with van der Waals surface area (Å²) in [5.74, 6) is 12.4. The average molecular weight is 506 g/mol. The Balaban J connectivity index is 1.63. The summed E-state index contributed by atoms with van der Waals surface area (Å²) in [4.78, 5) is 6.36. The van der Waals surface area contributed by atoms with Gasteiger partial charge in [-0.05, 0) is 50.6 Å². The number of aryl methyl sites for hydroxylation is 1. The van der Waals surface area contributed by atoms with Crippen LogP contribution in [0.2, 0.25) is 0 Å². The standard InChI is InChI=1S/C31H24BF2N2O2/c1-20-22(3)35-30(26(20)17-15-24-11-7-5-8-12-24)28-19-29(38-32(33,34)37-28)31-27(21(2)23(4)36-31)18-16-25-13-9-6-10-14-25/h5-14,19,35H,1-4H3/q-1/p+1/b31-29-. The molecule has 7 heteroatoms. The lowest BCUT2D eigenvalue weighted by atomic mass is 10.0. The van der Waals surface area contributed by atoms with E-state index in [2.05, 4.69) is 33.7 Å². The molecule has 0 amide bonds. The van der Waals surface area contributed by atoms with E-state index in [0.717, 1.165) is 33.7 Å². The van der Waals surface area contributed by atoms with Gasteiger partial charge in [-0.25, -0.2) is 4.99 Å². The van der Waals surface area contributed by atoms with Crippen LogP contribution >= 0.6 is 0 Å². The molecule has 0 unspecified atom stereocenters. The molecule has 0 saturated carbocycles. The summed E-state index contributed by atoms with van der Waals surface area (Å²) in [6.45, 7) is 7.53. The van der Waals surface area contributed by atoms with Crippen molar-refractivity contribution in [2.75, 3.05) is 0 Å². The number of aromatic nitrogens is 1. The van der Waals surface area contributed by atoms with Crippen molar-refractivity contribution in [2.24, 2.45) is 0 Å². The maximum Gasteiger partial charge on any atom is 0.726 e. The molecule has 0 fully saturated rings. The summed E-state index contributed by atoms with van der Waals surface area (Å²) in [5, 5.41) is 0. The molecule has 0 radical (unpaired) electrons. The second kappa shape index (κ2) is 9.96. The molecule has 0 saturated heterocycles. The maximum absolute atomic E-state index is 14.9. The molecule has 2 aromatic carbocycles. The van der Waals surface area contributed by atoms with Crippen molar-refractivity contribution in [3.05, 3.63) is 123 Å². The van der Waals surface area contributed by atoms with E-state index >= 15 is 0 Å². The molecule has 2 aliphatic heterocycles. The summed E-state index contributed by atoms with van der Waals surface area (Å²) >= 11 is 0. The Morgan fingerprint density at radius 2 is 1.39 bits per heavy atom. The van der Waals surface area contributed by atoms with E-state index in [1.54, 1.807) is 0 Å². The SMILES string of the molecule is CC1=[NH+]/C(=C2/C=C(c3[nH]c(C)c(C)c3C#Cc3ccccc3)O[B-](F)(F)O2)C(C#Cc2ccccc2)=C1C. The molecule has 0 aliphatic carbocycles. The first-order valence-electron chi connectivity index (χ1n) is 12.2. The number of hydrogen-bond donors (Lipinski definition) is 2. The fourth-order valence-corrected chi connectivity index (χ4v) is 4.20. The molecule has 4 nitrogen and oxygen atoms in total. The van der Waals surface area contributed by atoms with E-state index in [4.69, 9.17) is 9.31 Å². The van der Waals surface area contributed by atoms with Crippen LogP contribution in [0.3, 0.4) is 0 Å². The zero-order valence-corrected chi connectivity index (χ0v) is 21.5. The molecule has 0 bridgehead atoms. The van der Waals surface area contributed by atoms with Crippen molar-refractivity contribution >= 4 is 18.6 Å². The minimum Gasteiger partial charge on any atom is -0.626 e. The van der Waals surface area contributed by atoms with Gasteiger partial charge < -0.3 is 22.9 Å². The normalized spacial score (nSPS) is 17.8. The minimum atomic E-state index is -4.64. The van der Waals surface area contributed by atoms with Crippen LogP contribution in [-0.2, 0) is 9.31 Å². The number of benzene rings is 2. The first-order chi connectivity index (χ1) is 18.2. The monoisotopic (exact) mass is 506 g/mol. The lowest BCUT2D eigenvalue weighted by Crippen LogP contribution is -2.68. The van der Waals surface area contributed by atoms with Gasteiger partial charge in [-0.15, -0.1) is 0 Å². The van der Waals surface area contributed by atoms with Gasteiger partial charge in [0.2, 0.25) is 0 Å². The van der Waals surface area contributed by atoms with Crippen molar-refractivity contribution in [2.45, 2.75) is 27.7 Å². The molecule has 5 rings (SSSR count). The Morgan fingerprint density at radius 1 is 0.789 bits per heavy atom. The molecule has 0 spiro atoms. The molecule has 3 aromatic rings. The molecule has 2 aliphatic rings. The number of rotatable bonds is 1. The lowest BCUT2D eigenvalue weighted by molar-refractivity contribution is -0.391. The number of hydrogen-bond acceptors (Lipinski definition) is 2. The number of allylic oxidation sites excluding steroid dienone is 3. The molecule has 1 aromatic heterocycles. The topological polar surface area (TPSA) is 48.2 Å². The van der Waals surface area contributed by atoms with Crippen molar-refractivity contribution in [1.82, 2.24) is 4.98 Å². The van der Waals surface area contributed by atoms with Crippen molar-refractivity contribution in [3.63, 3.8) is 0 Å². The highest BCUT2D eigenvalue weighted by molar-refractivity contribution is 6.53. The third-order valence-corrected chi connectivity index (χ3v) is 6.49. The second-order valence-electron chi connectivity index (χ2n) is 9.13. The number of halogens is 2. The number of H-pyrrole nitrogens is 1. The first-order valence-corrected chi connectivity index (χ1v) is 12.2. The lowest BCUT2D eigenvalue weighted by Gasteiger charge is -2.33. The molecule has 188 valence electrons. The fourth-order valence-electron chi connectivity index (χ4n) is 4.20. The van der Waals surface area contributed by atoms with E-state index in [-0.39, 0.29) is 11.5 Å². The highest BCUT2D eigenvalue weighted by atomic mass is 19.3. The van der Waals surface area contributed by atoms with Crippen LogP contribution in [0.5, 0.6) is 0 Å². The van der Waals surface area contributed by atoms with E-state index < -0.39 is 7.11 Å². The highest BCUT2D eigenvalue weighted by Gasteiger charge is 2.42. The van der Waals surface area contributed by atoms with Gasteiger partial charge in [0.15, 0.2) is 11.5 Å². The van der Waals surface area contributed by atoms with Crippen molar-refractivity contribution < 1.29 is 22.9 Å². The number of aromatic amines is 1. The smallest absolute Gasteiger partial charge is 0.626 e. The Morgan fingerprint density at radius 3 is 2.03 bits per heavy atom. The minimum absolute atomic E-state index is 0.0447. The van der Waals surface area contributed by atoms with Crippen LogP contribution in [-0.4, -0.2) is 17.8 Å². The molecule has 3 heterocycles. The van der Waals surface area contributed by atoms with Crippen molar-refractivity contribution in [3.8, 4) is 23.7 Å². The van der Waals surface area contributed by atoms with Crippen LogP contribution in [0.15, 0.2) is 89.3 Å². The van der Waals surface area contributed by atoms with E-state index in [1.165, 1.54) is 6.08 Å². The summed E-state index contributed by atoms with van der Waals surface area (Å²) in [5.41, 5.74) is 6.92. The van der Waals surface area contributed by atoms with Gasteiger partial charge >= 0.3 is 7.11 Å². The molecule has 38 heavy (non-hydrogen) atoms. The summed E-state index contributed by atoms with van der Waals surface area (Å²) in [6, 6.07) is 19.0. The van der Waals surface area contributed by atoms with E-state index in [0.29, 0.717) is 22.5 Å². The van der Waals surface area contributed by atoms with Crippen LogP contribution in [0.1, 0.15) is 47.5 Å². The third kappa shape index (κ3) is 5.05. The Hall–Kier alpha value is -4.75. The first kappa shape index (κ1) is 24.9. The quantitative estimate of drug-likeness (QED) is 0.364. The fraction of sp³-hybridized carbons (Fsp3) is 0.129. The Bertz CT molecular complexity index is 1670. The number of nitrogens with one attached hydrogen (secondary N) is 2. The summed E-state index contributed by atoms with van der Waals surface area (Å²) < 4.78 is 40.0. The van der Waals surface area contributed by atoms with E-state index in [9.17, 15) is 8.63 Å².